The summed E-state index contributed by atoms with van der Waals surface area (Å²) in [5.41, 5.74) is 9.29. The Labute approximate surface area is 201 Å². The average Bonchev–Trinajstić information content (AvgIpc) is 2.91. The third kappa shape index (κ3) is 6.51. The molecule has 1 saturated heterocycles. The van der Waals surface area contributed by atoms with E-state index >= 15 is 0 Å². The fourth-order valence-electron chi connectivity index (χ4n) is 4.13. The molecule has 5 unspecified atom stereocenters. The zero-order chi connectivity index (χ0) is 23.6. The molecule has 2 N–H and O–H groups in total. The molecule has 3 aromatic carbocycles. The van der Waals surface area contributed by atoms with Gasteiger partial charge in [0.25, 0.3) is 0 Å². The van der Waals surface area contributed by atoms with Crippen molar-refractivity contribution in [2.75, 3.05) is 13.7 Å². The maximum absolute atomic E-state index is 6.47. The van der Waals surface area contributed by atoms with Gasteiger partial charge in [-0.25, -0.2) is 0 Å². The van der Waals surface area contributed by atoms with Gasteiger partial charge in [0.15, 0.2) is 6.29 Å². The molecule has 0 radical (unpaired) electrons. The second-order valence-corrected chi connectivity index (χ2v) is 8.30. The van der Waals surface area contributed by atoms with Crippen molar-refractivity contribution in [2.45, 2.75) is 50.5 Å². The monoisotopic (exact) mass is 463 g/mol. The van der Waals surface area contributed by atoms with Crippen LogP contribution in [0.2, 0.25) is 0 Å². The quantitative estimate of drug-likeness (QED) is 0.462. The molecule has 0 spiro atoms. The predicted molar refractivity (Wildman–Crippen MR) is 130 cm³/mol. The Hall–Kier alpha value is -2.58. The minimum Gasteiger partial charge on any atom is -0.368 e. The van der Waals surface area contributed by atoms with Crippen molar-refractivity contribution in [2.24, 2.45) is 5.73 Å². The minimum atomic E-state index is -0.630. The Morgan fingerprint density at radius 1 is 0.618 bits per heavy atom. The smallest absolute Gasteiger partial charge is 0.186 e. The van der Waals surface area contributed by atoms with Crippen LogP contribution in [0.1, 0.15) is 16.7 Å². The van der Waals surface area contributed by atoms with E-state index in [0.717, 1.165) is 16.7 Å². The summed E-state index contributed by atoms with van der Waals surface area (Å²) in [7, 11) is 1.61. The number of methoxy groups -OCH3 is 1. The summed E-state index contributed by atoms with van der Waals surface area (Å²) >= 11 is 0. The van der Waals surface area contributed by atoms with Crippen LogP contribution in [0, 0.1) is 0 Å². The Morgan fingerprint density at radius 3 is 1.44 bits per heavy atom. The van der Waals surface area contributed by atoms with Crippen LogP contribution in [0.3, 0.4) is 0 Å². The standard InChI is InChI=1S/C28H33NO5/c1-30-28-27(33-20-23-15-9-4-10-16-23)26(32-19-22-13-7-3-8-14-22)25(24(17-29)34-28)31-18-21-11-5-2-6-12-21/h2-16,24-28H,17-20,29H2,1H3. The molecule has 1 heterocycles. The zero-order valence-electron chi connectivity index (χ0n) is 19.5. The molecular weight excluding hydrogens is 430 g/mol. The van der Waals surface area contributed by atoms with Gasteiger partial charge < -0.3 is 29.4 Å². The molecule has 6 nitrogen and oxygen atoms in total. The third-order valence-corrected chi connectivity index (χ3v) is 5.91. The number of benzene rings is 3. The Bertz CT molecular complexity index is 899. The molecule has 6 heteroatoms. The van der Waals surface area contributed by atoms with Gasteiger partial charge in [0.05, 0.1) is 19.8 Å². The van der Waals surface area contributed by atoms with Crippen molar-refractivity contribution in [1.82, 2.24) is 0 Å². The highest BCUT2D eigenvalue weighted by Gasteiger charge is 2.48. The molecule has 1 fully saturated rings. The molecule has 3 aromatic rings. The van der Waals surface area contributed by atoms with Crippen LogP contribution in [-0.4, -0.2) is 44.4 Å². The van der Waals surface area contributed by atoms with Crippen molar-refractivity contribution in [1.29, 1.82) is 0 Å². The van der Waals surface area contributed by atoms with Crippen LogP contribution in [-0.2, 0) is 43.5 Å². The topological polar surface area (TPSA) is 72.2 Å². The second kappa shape index (κ2) is 12.8. The van der Waals surface area contributed by atoms with Crippen LogP contribution in [0.25, 0.3) is 0 Å². The molecule has 5 atom stereocenters. The summed E-state index contributed by atoms with van der Waals surface area (Å²) in [6.07, 6.45) is -2.40. The molecule has 0 aromatic heterocycles. The van der Waals surface area contributed by atoms with E-state index in [9.17, 15) is 0 Å². The molecule has 4 rings (SSSR count). The number of rotatable bonds is 11. The SMILES string of the molecule is COC1OC(CN)C(OCc2ccccc2)C(OCc2ccccc2)C1OCc1ccccc1. The Kier molecular flexibility index (Phi) is 9.21. The summed E-state index contributed by atoms with van der Waals surface area (Å²) in [5, 5.41) is 0. The highest BCUT2D eigenvalue weighted by atomic mass is 16.7. The van der Waals surface area contributed by atoms with E-state index in [-0.39, 0.29) is 6.54 Å². The van der Waals surface area contributed by atoms with Gasteiger partial charge in [-0.1, -0.05) is 91.0 Å². The summed E-state index contributed by atoms with van der Waals surface area (Å²) in [6.45, 7) is 1.50. The van der Waals surface area contributed by atoms with Crippen molar-refractivity contribution in [3.05, 3.63) is 108 Å². The number of nitrogens with two attached hydrogens (primary N) is 1. The van der Waals surface area contributed by atoms with Gasteiger partial charge in [0.2, 0.25) is 0 Å². The summed E-state index contributed by atoms with van der Waals surface area (Å²) in [4.78, 5) is 0. The average molecular weight is 464 g/mol. The van der Waals surface area contributed by atoms with Gasteiger partial charge in [0, 0.05) is 13.7 Å². The Morgan fingerprint density at radius 2 is 1.03 bits per heavy atom. The summed E-state index contributed by atoms with van der Waals surface area (Å²) < 4.78 is 31.1. The van der Waals surface area contributed by atoms with Gasteiger partial charge in [-0.15, -0.1) is 0 Å². The van der Waals surface area contributed by atoms with E-state index in [0.29, 0.717) is 19.8 Å². The molecule has 0 saturated carbocycles. The second-order valence-electron chi connectivity index (χ2n) is 8.30. The third-order valence-electron chi connectivity index (χ3n) is 5.91. The molecule has 1 aliphatic heterocycles. The Balaban J connectivity index is 1.56. The van der Waals surface area contributed by atoms with E-state index in [1.165, 1.54) is 0 Å². The first-order valence-corrected chi connectivity index (χ1v) is 11.6. The molecule has 0 bridgehead atoms. The lowest BCUT2D eigenvalue weighted by Crippen LogP contribution is -2.62. The summed E-state index contributed by atoms with van der Waals surface area (Å²) in [5.74, 6) is 0. The first kappa shape index (κ1) is 24.5. The first-order chi connectivity index (χ1) is 16.8. The first-order valence-electron chi connectivity index (χ1n) is 11.6. The van der Waals surface area contributed by atoms with Crippen LogP contribution in [0.5, 0.6) is 0 Å². The van der Waals surface area contributed by atoms with Crippen molar-refractivity contribution >= 4 is 0 Å². The van der Waals surface area contributed by atoms with Crippen molar-refractivity contribution in [3.63, 3.8) is 0 Å². The van der Waals surface area contributed by atoms with E-state index in [2.05, 4.69) is 0 Å². The fourth-order valence-corrected chi connectivity index (χ4v) is 4.13. The van der Waals surface area contributed by atoms with Crippen LogP contribution in [0.4, 0.5) is 0 Å². The molecule has 0 aliphatic carbocycles. The lowest BCUT2D eigenvalue weighted by molar-refractivity contribution is -0.315. The molecule has 1 aliphatic rings. The normalized spacial score (nSPS) is 24.7. The zero-order valence-corrected chi connectivity index (χ0v) is 19.5. The predicted octanol–water partition coefficient (Wildman–Crippen LogP) is 4.07. The maximum atomic E-state index is 6.47. The van der Waals surface area contributed by atoms with E-state index in [1.54, 1.807) is 7.11 Å². The lowest BCUT2D eigenvalue weighted by atomic mass is 9.97. The van der Waals surface area contributed by atoms with Crippen LogP contribution in [0.15, 0.2) is 91.0 Å². The highest BCUT2D eigenvalue weighted by Crippen LogP contribution is 2.30. The molecule has 0 amide bonds. The van der Waals surface area contributed by atoms with Gasteiger partial charge in [-0.3, -0.25) is 0 Å². The summed E-state index contributed by atoms with van der Waals surface area (Å²) in [6, 6.07) is 30.1. The van der Waals surface area contributed by atoms with Crippen LogP contribution >= 0.6 is 0 Å². The van der Waals surface area contributed by atoms with Gasteiger partial charge in [-0.05, 0) is 16.7 Å². The van der Waals surface area contributed by atoms with E-state index in [4.69, 9.17) is 29.4 Å². The van der Waals surface area contributed by atoms with E-state index in [1.807, 2.05) is 91.0 Å². The van der Waals surface area contributed by atoms with Crippen molar-refractivity contribution < 1.29 is 23.7 Å². The van der Waals surface area contributed by atoms with Crippen molar-refractivity contribution in [3.8, 4) is 0 Å². The minimum absolute atomic E-state index is 0.274. The van der Waals surface area contributed by atoms with Crippen LogP contribution < -0.4 is 5.73 Å². The fraction of sp³-hybridized carbons (Fsp3) is 0.357. The maximum Gasteiger partial charge on any atom is 0.186 e. The molecular formula is C28H33NO5. The van der Waals surface area contributed by atoms with Gasteiger partial charge in [-0.2, -0.15) is 0 Å². The lowest BCUT2D eigenvalue weighted by Gasteiger charge is -2.45. The molecule has 34 heavy (non-hydrogen) atoms. The number of hydrogen-bond donors (Lipinski definition) is 1. The van der Waals surface area contributed by atoms with Gasteiger partial charge in [0.1, 0.15) is 24.4 Å². The number of ether oxygens (including phenoxy) is 5. The largest absolute Gasteiger partial charge is 0.368 e. The number of hydrogen-bond acceptors (Lipinski definition) is 6. The molecule has 180 valence electrons. The van der Waals surface area contributed by atoms with E-state index < -0.39 is 30.7 Å². The highest BCUT2D eigenvalue weighted by molar-refractivity contribution is 5.15. The van der Waals surface area contributed by atoms with Gasteiger partial charge >= 0.3 is 0 Å².